The van der Waals surface area contributed by atoms with E-state index in [1.54, 1.807) is 0 Å². The van der Waals surface area contributed by atoms with Crippen LogP contribution in [0, 0.1) is 0 Å². The van der Waals surface area contributed by atoms with E-state index in [9.17, 15) is 4.79 Å². The zero-order chi connectivity index (χ0) is 19.3. The molecule has 7 nitrogen and oxygen atoms in total. The molecule has 144 valence electrons. The summed E-state index contributed by atoms with van der Waals surface area (Å²) >= 11 is 1.46. The molecular formula is C20H22N6OS. The van der Waals surface area contributed by atoms with E-state index in [0.29, 0.717) is 29.6 Å². The van der Waals surface area contributed by atoms with Crippen LogP contribution >= 0.6 is 11.3 Å². The third-order valence-electron chi connectivity index (χ3n) is 4.88. The van der Waals surface area contributed by atoms with Crippen molar-refractivity contribution in [1.29, 1.82) is 0 Å². The first-order valence-electron chi connectivity index (χ1n) is 9.39. The molecular weight excluding hydrogens is 372 g/mol. The maximum Gasteiger partial charge on any atom is 0.203 e. The number of Topliss-reactive ketones (excluding diaryl/α,β-unsaturated/α-hetero) is 1. The molecule has 1 fully saturated rings. The van der Waals surface area contributed by atoms with Crippen molar-refractivity contribution < 1.29 is 4.79 Å². The number of nitrogens with zero attached hydrogens (tertiary/aromatic N) is 5. The summed E-state index contributed by atoms with van der Waals surface area (Å²) in [4.78, 5) is 14.5. The van der Waals surface area contributed by atoms with Crippen LogP contribution in [-0.4, -0.2) is 39.3 Å². The number of ketones is 1. The Kier molecular flexibility index (Phi) is 5.57. The van der Waals surface area contributed by atoms with E-state index in [2.05, 4.69) is 25.3 Å². The number of carbonyl (C=O) groups excluding carboxylic acids is 1. The Morgan fingerprint density at radius 1 is 1.07 bits per heavy atom. The molecule has 0 amide bonds. The zero-order valence-electron chi connectivity index (χ0n) is 15.5. The Balaban J connectivity index is 1.36. The standard InChI is InChI=1S/C20H22N6OS/c21-20-25-24-19(28-20)15-7-4-10-26(13-15)18-9-8-16(22-23-18)12-17(27)11-14-5-2-1-3-6-14/h1-3,5-6,8-9,15H,4,7,10-13H2,(H2,21,25). The van der Waals surface area contributed by atoms with Crippen molar-refractivity contribution in [3.63, 3.8) is 0 Å². The van der Waals surface area contributed by atoms with E-state index in [0.717, 1.165) is 42.3 Å². The van der Waals surface area contributed by atoms with Crippen LogP contribution in [0.3, 0.4) is 0 Å². The second-order valence-corrected chi connectivity index (χ2v) is 8.07. The van der Waals surface area contributed by atoms with E-state index in [4.69, 9.17) is 5.73 Å². The van der Waals surface area contributed by atoms with Gasteiger partial charge in [0.15, 0.2) is 5.82 Å². The molecule has 0 radical (unpaired) electrons. The van der Waals surface area contributed by atoms with Crippen molar-refractivity contribution >= 4 is 28.1 Å². The molecule has 1 atom stereocenters. The van der Waals surface area contributed by atoms with Crippen LogP contribution in [0.1, 0.15) is 35.0 Å². The summed E-state index contributed by atoms with van der Waals surface area (Å²) in [6.45, 7) is 1.77. The number of rotatable bonds is 6. The molecule has 2 aromatic heterocycles. The van der Waals surface area contributed by atoms with Gasteiger partial charge in [0.1, 0.15) is 10.8 Å². The molecule has 0 saturated carbocycles. The quantitative estimate of drug-likeness (QED) is 0.686. The van der Waals surface area contributed by atoms with Gasteiger partial charge in [-0.25, -0.2) is 0 Å². The van der Waals surface area contributed by atoms with Gasteiger partial charge >= 0.3 is 0 Å². The molecule has 1 aliphatic heterocycles. The third-order valence-corrected chi connectivity index (χ3v) is 5.79. The summed E-state index contributed by atoms with van der Waals surface area (Å²) in [6, 6.07) is 13.6. The van der Waals surface area contributed by atoms with Gasteiger partial charge in [-0.2, -0.15) is 5.10 Å². The Morgan fingerprint density at radius 3 is 2.64 bits per heavy atom. The number of benzene rings is 1. The highest BCUT2D eigenvalue weighted by molar-refractivity contribution is 7.15. The van der Waals surface area contributed by atoms with Crippen molar-refractivity contribution in [1.82, 2.24) is 20.4 Å². The van der Waals surface area contributed by atoms with E-state index >= 15 is 0 Å². The van der Waals surface area contributed by atoms with Gasteiger partial charge in [0.05, 0.1) is 12.1 Å². The average Bonchev–Trinajstić information content (AvgIpc) is 3.16. The van der Waals surface area contributed by atoms with E-state index in [1.807, 2.05) is 42.5 Å². The van der Waals surface area contributed by atoms with E-state index in [1.165, 1.54) is 11.3 Å². The highest BCUT2D eigenvalue weighted by Crippen LogP contribution is 2.31. The van der Waals surface area contributed by atoms with Crippen LogP contribution in [0.15, 0.2) is 42.5 Å². The smallest absolute Gasteiger partial charge is 0.203 e. The molecule has 3 heterocycles. The molecule has 1 unspecified atom stereocenters. The third kappa shape index (κ3) is 4.51. The van der Waals surface area contributed by atoms with Gasteiger partial charge < -0.3 is 10.6 Å². The second-order valence-electron chi connectivity index (χ2n) is 7.02. The molecule has 1 saturated heterocycles. The van der Waals surface area contributed by atoms with Crippen LogP contribution in [0.2, 0.25) is 0 Å². The number of hydrogen-bond donors (Lipinski definition) is 1. The topological polar surface area (TPSA) is 97.9 Å². The van der Waals surface area contributed by atoms with Crippen LogP contribution in [-0.2, 0) is 17.6 Å². The van der Waals surface area contributed by atoms with Crippen molar-refractivity contribution in [3.05, 3.63) is 58.7 Å². The summed E-state index contributed by atoms with van der Waals surface area (Å²) in [5.41, 5.74) is 7.44. The minimum absolute atomic E-state index is 0.139. The lowest BCUT2D eigenvalue weighted by Crippen LogP contribution is -2.35. The van der Waals surface area contributed by atoms with Gasteiger partial charge in [-0.05, 0) is 30.5 Å². The number of hydrogen-bond acceptors (Lipinski definition) is 8. The minimum atomic E-state index is 0.139. The van der Waals surface area contributed by atoms with Crippen molar-refractivity contribution in [2.75, 3.05) is 23.7 Å². The monoisotopic (exact) mass is 394 g/mol. The van der Waals surface area contributed by atoms with Crippen molar-refractivity contribution in [3.8, 4) is 0 Å². The Bertz CT molecular complexity index is 927. The lowest BCUT2D eigenvalue weighted by Gasteiger charge is -2.32. The first-order chi connectivity index (χ1) is 13.7. The normalized spacial score (nSPS) is 16.9. The lowest BCUT2D eigenvalue weighted by atomic mass is 9.99. The fourth-order valence-electron chi connectivity index (χ4n) is 3.50. The van der Waals surface area contributed by atoms with Crippen LogP contribution in [0.5, 0.6) is 0 Å². The van der Waals surface area contributed by atoms with Gasteiger partial charge in [0.2, 0.25) is 5.13 Å². The maximum absolute atomic E-state index is 12.3. The number of piperidine rings is 1. The number of aromatic nitrogens is 4. The molecule has 1 aromatic carbocycles. The molecule has 3 aromatic rings. The van der Waals surface area contributed by atoms with Gasteiger partial charge in [-0.1, -0.05) is 41.7 Å². The Morgan fingerprint density at radius 2 is 1.93 bits per heavy atom. The highest BCUT2D eigenvalue weighted by Gasteiger charge is 2.25. The second kappa shape index (κ2) is 8.43. The summed E-state index contributed by atoms with van der Waals surface area (Å²) in [6.07, 6.45) is 2.85. The molecule has 28 heavy (non-hydrogen) atoms. The SMILES string of the molecule is Nc1nnc(C2CCCN(c3ccc(CC(=O)Cc4ccccc4)nn3)C2)s1. The maximum atomic E-state index is 12.3. The number of carbonyl (C=O) groups is 1. The van der Waals surface area contributed by atoms with Crippen LogP contribution in [0.4, 0.5) is 10.9 Å². The minimum Gasteiger partial charge on any atom is -0.374 e. The molecule has 0 spiro atoms. The molecule has 2 N–H and O–H groups in total. The van der Waals surface area contributed by atoms with Gasteiger partial charge in [-0.15, -0.1) is 15.3 Å². The fourth-order valence-corrected chi connectivity index (χ4v) is 4.24. The number of nitrogen functional groups attached to an aromatic ring is 1. The predicted octanol–water partition coefficient (Wildman–Crippen LogP) is 2.65. The number of anilines is 2. The average molecular weight is 395 g/mol. The van der Waals surface area contributed by atoms with Gasteiger partial charge in [-0.3, -0.25) is 4.79 Å². The molecule has 1 aliphatic rings. The van der Waals surface area contributed by atoms with Gasteiger partial charge in [0.25, 0.3) is 0 Å². The highest BCUT2D eigenvalue weighted by atomic mass is 32.1. The first-order valence-corrected chi connectivity index (χ1v) is 10.2. The van der Waals surface area contributed by atoms with Crippen molar-refractivity contribution in [2.24, 2.45) is 0 Å². The molecule has 8 heteroatoms. The summed E-state index contributed by atoms with van der Waals surface area (Å²) < 4.78 is 0. The van der Waals surface area contributed by atoms with Gasteiger partial charge in [0, 0.05) is 25.4 Å². The lowest BCUT2D eigenvalue weighted by molar-refractivity contribution is -0.117. The largest absolute Gasteiger partial charge is 0.374 e. The molecule has 4 rings (SSSR count). The summed E-state index contributed by atoms with van der Waals surface area (Å²) in [5.74, 6) is 1.29. The molecule has 0 bridgehead atoms. The fraction of sp³-hybridized carbons (Fsp3) is 0.350. The predicted molar refractivity (Wildman–Crippen MR) is 109 cm³/mol. The number of nitrogens with two attached hydrogens (primary N) is 1. The van der Waals surface area contributed by atoms with E-state index < -0.39 is 0 Å². The van der Waals surface area contributed by atoms with E-state index in [-0.39, 0.29) is 5.78 Å². The van der Waals surface area contributed by atoms with Crippen LogP contribution < -0.4 is 10.6 Å². The zero-order valence-corrected chi connectivity index (χ0v) is 16.3. The summed E-state index contributed by atoms with van der Waals surface area (Å²) in [7, 11) is 0. The Labute approximate surface area is 167 Å². The van der Waals surface area contributed by atoms with Crippen molar-refractivity contribution in [2.45, 2.75) is 31.6 Å². The summed E-state index contributed by atoms with van der Waals surface area (Å²) in [5, 5.41) is 18.3. The van der Waals surface area contributed by atoms with Crippen LogP contribution in [0.25, 0.3) is 0 Å². The Hall–Kier alpha value is -2.87. The first kappa shape index (κ1) is 18.5. The molecule has 0 aliphatic carbocycles.